The van der Waals surface area contributed by atoms with Crippen LogP contribution in [0.25, 0.3) is 5.70 Å². The molecule has 1 atom stereocenters. The zero-order chi connectivity index (χ0) is 17.9. The van der Waals surface area contributed by atoms with Crippen LogP contribution >= 0.6 is 0 Å². The number of unbranched alkanes of at least 4 members (excludes halogenated alkanes) is 5. The SMILES string of the molecule is C=CC(CC)CCCCCCCCc1ccc(C(N)=C2CCC2)cc1. The lowest BCUT2D eigenvalue weighted by molar-refractivity contribution is 0.507. The van der Waals surface area contributed by atoms with E-state index < -0.39 is 0 Å². The molecular formula is C24H37N. The van der Waals surface area contributed by atoms with Crippen molar-refractivity contribution in [2.24, 2.45) is 11.7 Å². The van der Waals surface area contributed by atoms with Crippen molar-refractivity contribution in [3.05, 3.63) is 53.6 Å². The lowest BCUT2D eigenvalue weighted by atomic mass is 9.88. The van der Waals surface area contributed by atoms with Crippen molar-refractivity contribution in [1.82, 2.24) is 0 Å². The van der Waals surface area contributed by atoms with Crippen LogP contribution in [-0.2, 0) is 6.42 Å². The molecule has 0 amide bonds. The fraction of sp³-hybridized carbons (Fsp3) is 0.583. The molecule has 0 spiro atoms. The Balaban J connectivity index is 1.55. The van der Waals surface area contributed by atoms with Gasteiger partial charge in [-0.05, 0) is 67.6 Å². The van der Waals surface area contributed by atoms with Crippen LogP contribution < -0.4 is 5.73 Å². The molecule has 1 aliphatic carbocycles. The maximum Gasteiger partial charge on any atom is 0.0379 e. The third kappa shape index (κ3) is 6.72. The zero-order valence-electron chi connectivity index (χ0n) is 16.2. The summed E-state index contributed by atoms with van der Waals surface area (Å²) in [5, 5.41) is 0. The molecule has 1 aromatic carbocycles. The van der Waals surface area contributed by atoms with E-state index in [1.165, 1.54) is 93.7 Å². The van der Waals surface area contributed by atoms with Gasteiger partial charge >= 0.3 is 0 Å². The van der Waals surface area contributed by atoms with Crippen LogP contribution in [0.4, 0.5) is 0 Å². The average molecular weight is 340 g/mol. The van der Waals surface area contributed by atoms with E-state index in [0.29, 0.717) is 0 Å². The van der Waals surface area contributed by atoms with Crippen molar-refractivity contribution in [1.29, 1.82) is 0 Å². The lowest BCUT2D eigenvalue weighted by Gasteiger charge is -2.19. The van der Waals surface area contributed by atoms with E-state index in [0.717, 1.165) is 11.6 Å². The first kappa shape index (κ1) is 19.8. The van der Waals surface area contributed by atoms with E-state index in [1.807, 2.05) is 0 Å². The lowest BCUT2D eigenvalue weighted by Crippen LogP contribution is -2.07. The molecule has 25 heavy (non-hydrogen) atoms. The predicted octanol–water partition coefficient (Wildman–Crippen LogP) is 7.03. The summed E-state index contributed by atoms with van der Waals surface area (Å²) in [6, 6.07) is 8.95. The minimum absolute atomic E-state index is 0.733. The van der Waals surface area contributed by atoms with Gasteiger partial charge in [-0.2, -0.15) is 0 Å². The highest BCUT2D eigenvalue weighted by atomic mass is 14.6. The Morgan fingerprint density at radius 2 is 1.68 bits per heavy atom. The van der Waals surface area contributed by atoms with Gasteiger partial charge in [0.15, 0.2) is 0 Å². The van der Waals surface area contributed by atoms with Crippen molar-refractivity contribution >= 4 is 5.70 Å². The molecule has 0 bridgehead atoms. The molecule has 1 fully saturated rings. The quantitative estimate of drug-likeness (QED) is 0.321. The maximum absolute atomic E-state index is 6.24. The fourth-order valence-corrected chi connectivity index (χ4v) is 3.61. The van der Waals surface area contributed by atoms with Gasteiger partial charge in [0.1, 0.15) is 0 Å². The van der Waals surface area contributed by atoms with Gasteiger partial charge in [-0.1, -0.05) is 69.4 Å². The van der Waals surface area contributed by atoms with Crippen molar-refractivity contribution in [3.63, 3.8) is 0 Å². The summed E-state index contributed by atoms with van der Waals surface area (Å²) in [5.74, 6) is 0.733. The van der Waals surface area contributed by atoms with Crippen LogP contribution in [0.15, 0.2) is 42.5 Å². The van der Waals surface area contributed by atoms with Crippen LogP contribution in [0.5, 0.6) is 0 Å². The molecule has 1 nitrogen and oxygen atoms in total. The van der Waals surface area contributed by atoms with Gasteiger partial charge in [0.05, 0.1) is 0 Å². The Bertz CT molecular complexity index is 532. The number of aryl methyl sites for hydroxylation is 1. The van der Waals surface area contributed by atoms with Crippen LogP contribution in [-0.4, -0.2) is 0 Å². The minimum atomic E-state index is 0.733. The van der Waals surface area contributed by atoms with Gasteiger partial charge in [0, 0.05) is 5.70 Å². The molecule has 1 saturated carbocycles. The van der Waals surface area contributed by atoms with E-state index in [-0.39, 0.29) is 0 Å². The second-order valence-corrected chi connectivity index (χ2v) is 7.63. The van der Waals surface area contributed by atoms with Gasteiger partial charge in [-0.3, -0.25) is 0 Å². The topological polar surface area (TPSA) is 26.0 Å². The highest BCUT2D eigenvalue weighted by Crippen LogP contribution is 2.30. The Kier molecular flexibility index (Phi) is 8.86. The molecule has 0 radical (unpaired) electrons. The maximum atomic E-state index is 6.24. The van der Waals surface area contributed by atoms with E-state index >= 15 is 0 Å². The monoisotopic (exact) mass is 339 g/mol. The molecule has 2 N–H and O–H groups in total. The summed E-state index contributed by atoms with van der Waals surface area (Å²) in [7, 11) is 0. The Morgan fingerprint density at radius 1 is 1.04 bits per heavy atom. The van der Waals surface area contributed by atoms with Crippen LogP contribution in [0.3, 0.4) is 0 Å². The molecule has 2 rings (SSSR count). The second-order valence-electron chi connectivity index (χ2n) is 7.63. The number of rotatable bonds is 12. The van der Waals surface area contributed by atoms with Gasteiger partial charge in [-0.15, -0.1) is 6.58 Å². The fourth-order valence-electron chi connectivity index (χ4n) is 3.61. The van der Waals surface area contributed by atoms with Crippen molar-refractivity contribution < 1.29 is 0 Å². The van der Waals surface area contributed by atoms with Gasteiger partial charge < -0.3 is 5.73 Å². The molecule has 0 heterocycles. The van der Waals surface area contributed by atoms with Crippen LogP contribution in [0.1, 0.15) is 88.7 Å². The van der Waals surface area contributed by atoms with Crippen molar-refractivity contribution in [2.45, 2.75) is 84.0 Å². The molecule has 0 aromatic heterocycles. The van der Waals surface area contributed by atoms with E-state index in [4.69, 9.17) is 5.73 Å². The van der Waals surface area contributed by atoms with Gasteiger partial charge in [-0.25, -0.2) is 0 Å². The van der Waals surface area contributed by atoms with Gasteiger partial charge in [0.2, 0.25) is 0 Å². The smallest absolute Gasteiger partial charge is 0.0379 e. The summed E-state index contributed by atoms with van der Waals surface area (Å²) in [6.07, 6.45) is 17.8. The van der Waals surface area contributed by atoms with Crippen LogP contribution in [0, 0.1) is 5.92 Å². The standard InChI is InChI=1S/C24H37N/c1-3-20(4-2)12-9-7-5-6-8-10-13-21-16-18-23(19-17-21)24(25)22-14-11-15-22/h3,16-20H,1,4-15,25H2,2H3. The Morgan fingerprint density at radius 3 is 2.24 bits per heavy atom. The number of allylic oxidation sites excluding steroid dienone is 2. The zero-order valence-corrected chi connectivity index (χ0v) is 16.2. The molecule has 1 aromatic rings. The summed E-state index contributed by atoms with van der Waals surface area (Å²) < 4.78 is 0. The highest BCUT2D eigenvalue weighted by molar-refractivity contribution is 5.67. The number of nitrogens with two attached hydrogens (primary N) is 1. The summed E-state index contributed by atoms with van der Waals surface area (Å²) in [6.45, 7) is 6.18. The predicted molar refractivity (Wildman–Crippen MR) is 111 cm³/mol. The first-order valence-corrected chi connectivity index (χ1v) is 10.4. The largest absolute Gasteiger partial charge is 0.398 e. The van der Waals surface area contributed by atoms with E-state index in [2.05, 4.69) is 43.8 Å². The van der Waals surface area contributed by atoms with Crippen molar-refractivity contribution in [3.8, 4) is 0 Å². The molecule has 1 heteroatoms. The minimum Gasteiger partial charge on any atom is -0.398 e. The summed E-state index contributed by atoms with van der Waals surface area (Å²) in [5.41, 5.74) is 11.4. The summed E-state index contributed by atoms with van der Waals surface area (Å²) in [4.78, 5) is 0. The third-order valence-corrected chi connectivity index (χ3v) is 5.75. The molecule has 1 unspecified atom stereocenters. The van der Waals surface area contributed by atoms with Crippen molar-refractivity contribution in [2.75, 3.05) is 0 Å². The Labute approximate surface area is 155 Å². The first-order chi connectivity index (χ1) is 12.2. The summed E-state index contributed by atoms with van der Waals surface area (Å²) >= 11 is 0. The number of hydrogen-bond acceptors (Lipinski definition) is 1. The van der Waals surface area contributed by atoms with Gasteiger partial charge in [0.25, 0.3) is 0 Å². The average Bonchev–Trinajstić information content (AvgIpc) is 2.59. The second kappa shape index (κ2) is 11.2. The molecule has 138 valence electrons. The van der Waals surface area contributed by atoms with E-state index in [9.17, 15) is 0 Å². The number of hydrogen-bond donors (Lipinski definition) is 1. The Hall–Kier alpha value is -1.50. The third-order valence-electron chi connectivity index (χ3n) is 5.75. The molecule has 1 aliphatic rings. The van der Waals surface area contributed by atoms with E-state index in [1.54, 1.807) is 0 Å². The highest BCUT2D eigenvalue weighted by Gasteiger charge is 2.13. The molecular weight excluding hydrogens is 302 g/mol. The molecule has 0 saturated heterocycles. The first-order valence-electron chi connectivity index (χ1n) is 10.4. The number of benzene rings is 1. The van der Waals surface area contributed by atoms with Crippen LogP contribution in [0.2, 0.25) is 0 Å². The molecule has 0 aliphatic heterocycles. The normalized spacial score (nSPS) is 14.8.